The van der Waals surface area contributed by atoms with E-state index in [2.05, 4.69) is 64.7 Å². The van der Waals surface area contributed by atoms with Crippen LogP contribution in [0.5, 0.6) is 0 Å². The van der Waals surface area contributed by atoms with Crippen LogP contribution in [0.1, 0.15) is 45.2 Å². The van der Waals surface area contributed by atoms with Crippen molar-refractivity contribution in [1.82, 2.24) is 14.9 Å². The highest BCUT2D eigenvalue weighted by atomic mass is 32.1. The molecule has 2 rings (SSSR count). The van der Waals surface area contributed by atoms with Crippen LogP contribution in [0, 0.1) is 0 Å². The summed E-state index contributed by atoms with van der Waals surface area (Å²) in [6, 6.07) is 3.08. The third kappa shape index (κ3) is 5.07. The highest BCUT2D eigenvalue weighted by Gasteiger charge is 2.14. The molecule has 0 spiro atoms. The maximum absolute atomic E-state index is 4.41. The molecule has 0 saturated heterocycles. The van der Waals surface area contributed by atoms with Crippen molar-refractivity contribution in [2.45, 2.75) is 59.3 Å². The van der Waals surface area contributed by atoms with Crippen LogP contribution in [0.3, 0.4) is 0 Å². The Labute approximate surface area is 137 Å². The lowest BCUT2D eigenvalue weighted by Gasteiger charge is -2.28. The van der Waals surface area contributed by atoms with Crippen LogP contribution in [0.4, 0.5) is 5.95 Å². The Hall–Kier alpha value is -1.46. The fourth-order valence-corrected chi connectivity index (χ4v) is 2.91. The first-order valence-corrected chi connectivity index (χ1v) is 8.85. The summed E-state index contributed by atoms with van der Waals surface area (Å²) in [5.41, 5.74) is 2.54. The number of hydrogen-bond acceptors (Lipinski definition) is 5. The maximum Gasteiger partial charge on any atom is 0.222 e. The van der Waals surface area contributed by atoms with E-state index in [-0.39, 0.29) is 0 Å². The first-order chi connectivity index (χ1) is 10.6. The molecule has 2 aromatic heterocycles. The molecule has 0 aliphatic carbocycles. The van der Waals surface area contributed by atoms with Crippen LogP contribution in [0.2, 0.25) is 0 Å². The molecule has 2 aromatic rings. The van der Waals surface area contributed by atoms with Crippen molar-refractivity contribution >= 4 is 17.3 Å². The van der Waals surface area contributed by atoms with Crippen LogP contribution >= 0.6 is 11.3 Å². The van der Waals surface area contributed by atoms with E-state index in [4.69, 9.17) is 0 Å². The zero-order valence-electron chi connectivity index (χ0n) is 13.9. The number of anilines is 1. The number of nitrogens with zero attached hydrogens (tertiary/aromatic N) is 3. The van der Waals surface area contributed by atoms with Crippen LogP contribution in [-0.2, 0) is 13.1 Å². The van der Waals surface area contributed by atoms with E-state index in [1.54, 1.807) is 11.3 Å². The zero-order chi connectivity index (χ0) is 15.9. The molecule has 22 heavy (non-hydrogen) atoms. The van der Waals surface area contributed by atoms with Gasteiger partial charge in [-0.3, -0.25) is 4.90 Å². The molecule has 0 radical (unpaired) electrons. The molecular weight excluding hydrogens is 292 g/mol. The minimum Gasteiger partial charge on any atom is -0.352 e. The Balaban J connectivity index is 2.03. The third-order valence-corrected chi connectivity index (χ3v) is 4.42. The number of nitrogens with one attached hydrogen (secondary N) is 1. The Morgan fingerprint density at radius 1 is 1.14 bits per heavy atom. The van der Waals surface area contributed by atoms with Crippen molar-refractivity contribution < 1.29 is 0 Å². The third-order valence-electron chi connectivity index (χ3n) is 3.69. The van der Waals surface area contributed by atoms with Gasteiger partial charge in [-0.25, -0.2) is 9.97 Å². The molecule has 120 valence electrons. The van der Waals surface area contributed by atoms with Crippen molar-refractivity contribution in [2.24, 2.45) is 0 Å². The molecule has 0 amide bonds. The average Bonchev–Trinajstić information content (AvgIpc) is 3.00. The molecule has 0 unspecified atom stereocenters. The summed E-state index contributed by atoms with van der Waals surface area (Å²) >= 11 is 1.76. The molecule has 1 N–H and O–H groups in total. The zero-order valence-corrected chi connectivity index (χ0v) is 14.7. The second-order valence-corrected chi connectivity index (χ2v) is 6.79. The van der Waals surface area contributed by atoms with Crippen LogP contribution in [-0.4, -0.2) is 27.0 Å². The average molecular weight is 318 g/mol. The van der Waals surface area contributed by atoms with Gasteiger partial charge in [-0.1, -0.05) is 6.92 Å². The maximum atomic E-state index is 4.41. The van der Waals surface area contributed by atoms with Gasteiger partial charge in [-0.15, -0.1) is 0 Å². The van der Waals surface area contributed by atoms with Crippen molar-refractivity contribution in [3.05, 3.63) is 40.3 Å². The van der Waals surface area contributed by atoms with E-state index in [1.165, 1.54) is 5.56 Å². The van der Waals surface area contributed by atoms with Crippen molar-refractivity contribution in [2.75, 3.05) is 5.32 Å². The summed E-state index contributed by atoms with van der Waals surface area (Å²) < 4.78 is 0. The summed E-state index contributed by atoms with van der Waals surface area (Å²) in [6.07, 6.45) is 5.00. The standard InChI is InChI=1S/C17H26N4S/c1-5-14(4)21(10-15-6-7-22-12-15)11-16-8-18-17(19-9-16)20-13(2)3/h6-9,12-14H,5,10-11H2,1-4H3,(H,18,19,20)/t14-/m1/s1. The van der Waals surface area contributed by atoms with Gasteiger partial charge in [0.1, 0.15) is 0 Å². The van der Waals surface area contributed by atoms with Gasteiger partial charge in [-0.2, -0.15) is 11.3 Å². The van der Waals surface area contributed by atoms with Crippen molar-refractivity contribution in [1.29, 1.82) is 0 Å². The highest BCUT2D eigenvalue weighted by Crippen LogP contribution is 2.16. The highest BCUT2D eigenvalue weighted by molar-refractivity contribution is 7.07. The summed E-state index contributed by atoms with van der Waals surface area (Å²) in [7, 11) is 0. The van der Waals surface area contributed by atoms with E-state index in [0.717, 1.165) is 25.1 Å². The van der Waals surface area contributed by atoms with Crippen molar-refractivity contribution in [3.63, 3.8) is 0 Å². The summed E-state index contributed by atoms with van der Waals surface area (Å²) in [5.74, 6) is 0.701. The minimum absolute atomic E-state index is 0.348. The van der Waals surface area contributed by atoms with Gasteiger partial charge in [0, 0.05) is 43.1 Å². The Morgan fingerprint density at radius 3 is 2.36 bits per heavy atom. The number of rotatable bonds is 8. The summed E-state index contributed by atoms with van der Waals surface area (Å²) in [5, 5.41) is 7.58. The molecular formula is C17H26N4S. The molecule has 0 bridgehead atoms. The van der Waals surface area contributed by atoms with E-state index in [0.29, 0.717) is 18.0 Å². The minimum atomic E-state index is 0.348. The van der Waals surface area contributed by atoms with Crippen LogP contribution in [0.15, 0.2) is 29.2 Å². The molecule has 0 fully saturated rings. The number of hydrogen-bond donors (Lipinski definition) is 1. The topological polar surface area (TPSA) is 41.1 Å². The van der Waals surface area contributed by atoms with E-state index in [1.807, 2.05) is 12.4 Å². The van der Waals surface area contributed by atoms with Crippen molar-refractivity contribution in [3.8, 4) is 0 Å². The second-order valence-electron chi connectivity index (χ2n) is 6.01. The lowest BCUT2D eigenvalue weighted by molar-refractivity contribution is 0.186. The molecule has 2 heterocycles. The normalized spacial score (nSPS) is 12.8. The molecule has 5 heteroatoms. The first-order valence-electron chi connectivity index (χ1n) is 7.91. The summed E-state index contributed by atoms with van der Waals surface area (Å²) in [4.78, 5) is 11.3. The fraction of sp³-hybridized carbons (Fsp3) is 0.529. The fourth-order valence-electron chi connectivity index (χ4n) is 2.25. The molecule has 0 aliphatic rings. The molecule has 0 aromatic carbocycles. The van der Waals surface area contributed by atoms with Gasteiger partial charge in [-0.05, 0) is 49.6 Å². The molecule has 0 saturated carbocycles. The quantitative estimate of drug-likeness (QED) is 0.793. The first kappa shape index (κ1) is 16.9. The van der Waals surface area contributed by atoms with Gasteiger partial charge in [0.05, 0.1) is 0 Å². The van der Waals surface area contributed by atoms with Crippen LogP contribution in [0.25, 0.3) is 0 Å². The monoisotopic (exact) mass is 318 g/mol. The Morgan fingerprint density at radius 2 is 1.82 bits per heavy atom. The SMILES string of the molecule is CC[C@@H](C)N(Cc1cnc(NC(C)C)nc1)Cc1ccsc1. The lowest BCUT2D eigenvalue weighted by Crippen LogP contribution is -2.31. The van der Waals surface area contributed by atoms with Crippen LogP contribution < -0.4 is 5.32 Å². The van der Waals surface area contributed by atoms with Gasteiger partial charge in [0.15, 0.2) is 0 Å². The van der Waals surface area contributed by atoms with E-state index < -0.39 is 0 Å². The Bertz CT molecular complexity index is 536. The molecule has 0 aliphatic heterocycles. The smallest absolute Gasteiger partial charge is 0.222 e. The van der Waals surface area contributed by atoms with Gasteiger partial charge in [0.25, 0.3) is 0 Å². The van der Waals surface area contributed by atoms with Gasteiger partial charge in [0.2, 0.25) is 5.95 Å². The second kappa shape index (κ2) is 8.25. The van der Waals surface area contributed by atoms with Gasteiger partial charge < -0.3 is 5.32 Å². The Kier molecular flexibility index (Phi) is 6.34. The lowest BCUT2D eigenvalue weighted by atomic mass is 10.1. The predicted molar refractivity (Wildman–Crippen MR) is 94.1 cm³/mol. The number of thiophene rings is 1. The predicted octanol–water partition coefficient (Wildman–Crippen LogP) is 4.16. The summed E-state index contributed by atoms with van der Waals surface area (Å²) in [6.45, 7) is 10.5. The largest absolute Gasteiger partial charge is 0.352 e. The molecule has 4 nitrogen and oxygen atoms in total. The molecule has 1 atom stereocenters. The number of aromatic nitrogens is 2. The van der Waals surface area contributed by atoms with Gasteiger partial charge >= 0.3 is 0 Å². The van der Waals surface area contributed by atoms with E-state index >= 15 is 0 Å². The van der Waals surface area contributed by atoms with E-state index in [9.17, 15) is 0 Å².